The number of rotatable bonds is 5. The predicted molar refractivity (Wildman–Crippen MR) is 77.6 cm³/mol. The Kier molecular flexibility index (Phi) is 4.80. The van der Waals surface area contributed by atoms with Crippen LogP contribution in [0.4, 0.5) is 0 Å². The molecular formula is C15H20Cl2O. The van der Waals surface area contributed by atoms with Crippen LogP contribution >= 0.6 is 23.2 Å². The summed E-state index contributed by atoms with van der Waals surface area (Å²) in [4.78, 5) is 0. The molecule has 1 N–H and O–H groups in total. The van der Waals surface area contributed by atoms with Crippen molar-refractivity contribution >= 4 is 23.2 Å². The largest absolute Gasteiger partial charge is 0.508 e. The van der Waals surface area contributed by atoms with Gasteiger partial charge < -0.3 is 5.11 Å². The van der Waals surface area contributed by atoms with Crippen molar-refractivity contribution in [1.29, 1.82) is 0 Å². The highest BCUT2D eigenvalue weighted by atomic mass is 35.5. The molecule has 18 heavy (non-hydrogen) atoms. The normalized spacial score (nSPS) is 17.2. The van der Waals surface area contributed by atoms with Gasteiger partial charge in [0.1, 0.15) is 5.75 Å². The zero-order valence-electron chi connectivity index (χ0n) is 10.5. The van der Waals surface area contributed by atoms with Crippen LogP contribution in [0.5, 0.6) is 5.75 Å². The van der Waals surface area contributed by atoms with Gasteiger partial charge in [0, 0.05) is 17.2 Å². The summed E-state index contributed by atoms with van der Waals surface area (Å²) >= 11 is 12.5. The van der Waals surface area contributed by atoms with Gasteiger partial charge in [0.25, 0.3) is 0 Å². The molecule has 0 amide bonds. The summed E-state index contributed by atoms with van der Waals surface area (Å²) in [5.41, 5.74) is 1.11. The fourth-order valence-electron chi connectivity index (χ4n) is 3.10. The Morgan fingerprint density at radius 1 is 1.17 bits per heavy atom. The van der Waals surface area contributed by atoms with Crippen LogP contribution in [0.3, 0.4) is 0 Å². The van der Waals surface area contributed by atoms with Gasteiger partial charge >= 0.3 is 0 Å². The van der Waals surface area contributed by atoms with Gasteiger partial charge in [-0.25, -0.2) is 0 Å². The fraction of sp³-hybridized carbons (Fsp3) is 0.600. The van der Waals surface area contributed by atoms with E-state index in [4.69, 9.17) is 23.2 Å². The SMILES string of the molecule is Oc1cccc(CC(CCl)(CCl)C2CCCC2)c1. The highest BCUT2D eigenvalue weighted by Gasteiger charge is 2.39. The van der Waals surface area contributed by atoms with Crippen LogP contribution in [0.2, 0.25) is 0 Å². The lowest BCUT2D eigenvalue weighted by molar-refractivity contribution is 0.225. The minimum atomic E-state index is -0.0204. The monoisotopic (exact) mass is 286 g/mol. The third kappa shape index (κ3) is 2.95. The average Bonchev–Trinajstić information content (AvgIpc) is 2.90. The van der Waals surface area contributed by atoms with Gasteiger partial charge in [-0.3, -0.25) is 0 Å². The van der Waals surface area contributed by atoms with Crippen LogP contribution in [0.15, 0.2) is 24.3 Å². The van der Waals surface area contributed by atoms with E-state index in [1.54, 1.807) is 6.07 Å². The number of hydrogen-bond donors (Lipinski definition) is 1. The molecule has 1 aromatic carbocycles. The topological polar surface area (TPSA) is 20.2 Å². The Hall–Kier alpha value is -0.400. The number of benzene rings is 1. The first-order valence-corrected chi connectivity index (χ1v) is 7.67. The summed E-state index contributed by atoms with van der Waals surface area (Å²) in [6.07, 6.45) is 5.91. The molecule has 1 fully saturated rings. The Labute approximate surface area is 119 Å². The van der Waals surface area contributed by atoms with Gasteiger partial charge in [0.05, 0.1) is 0 Å². The Bertz CT molecular complexity index is 382. The maximum absolute atomic E-state index is 9.55. The van der Waals surface area contributed by atoms with E-state index in [0.717, 1.165) is 12.0 Å². The molecule has 1 aromatic rings. The molecule has 100 valence electrons. The minimum absolute atomic E-state index is 0.0204. The standard InChI is InChI=1S/C15H20Cl2O/c16-10-15(11-17,13-5-1-2-6-13)9-12-4-3-7-14(18)8-12/h3-4,7-8,13,18H,1-2,5-6,9-11H2. The van der Waals surface area contributed by atoms with Gasteiger partial charge in [0.2, 0.25) is 0 Å². The summed E-state index contributed by atoms with van der Waals surface area (Å²) in [6, 6.07) is 7.44. The van der Waals surface area contributed by atoms with Crippen molar-refractivity contribution in [3.63, 3.8) is 0 Å². The Balaban J connectivity index is 2.19. The molecule has 0 unspecified atom stereocenters. The van der Waals surface area contributed by atoms with Crippen molar-refractivity contribution in [2.24, 2.45) is 11.3 Å². The van der Waals surface area contributed by atoms with E-state index in [9.17, 15) is 5.11 Å². The van der Waals surface area contributed by atoms with Gasteiger partial charge in [0.15, 0.2) is 0 Å². The second kappa shape index (κ2) is 6.16. The van der Waals surface area contributed by atoms with Crippen LogP contribution in [0.1, 0.15) is 31.2 Å². The molecule has 0 aliphatic heterocycles. The number of alkyl halides is 2. The smallest absolute Gasteiger partial charge is 0.115 e. The summed E-state index contributed by atoms with van der Waals surface area (Å²) in [6.45, 7) is 0. The molecule has 0 aromatic heterocycles. The zero-order valence-corrected chi connectivity index (χ0v) is 12.1. The number of phenolic OH excluding ortho intramolecular Hbond substituents is 1. The lowest BCUT2D eigenvalue weighted by atomic mass is 9.73. The van der Waals surface area contributed by atoms with Crippen LogP contribution < -0.4 is 0 Å². The summed E-state index contributed by atoms with van der Waals surface area (Å²) in [5, 5.41) is 9.55. The van der Waals surface area contributed by atoms with E-state index < -0.39 is 0 Å². The molecule has 1 aliphatic rings. The Morgan fingerprint density at radius 3 is 2.39 bits per heavy atom. The molecule has 0 spiro atoms. The second-order valence-corrected chi connectivity index (χ2v) is 5.99. The lowest BCUT2D eigenvalue weighted by Crippen LogP contribution is -2.35. The van der Waals surface area contributed by atoms with Crippen LogP contribution in [0, 0.1) is 11.3 Å². The number of aromatic hydroxyl groups is 1. The molecule has 0 atom stereocenters. The van der Waals surface area contributed by atoms with Crippen LogP contribution in [0.25, 0.3) is 0 Å². The first-order chi connectivity index (χ1) is 8.70. The lowest BCUT2D eigenvalue weighted by Gasteiger charge is -2.36. The maximum Gasteiger partial charge on any atom is 0.115 e. The quantitative estimate of drug-likeness (QED) is 0.785. The third-order valence-electron chi connectivity index (χ3n) is 4.22. The van der Waals surface area contributed by atoms with Crippen LogP contribution in [-0.4, -0.2) is 16.9 Å². The fourth-order valence-corrected chi connectivity index (χ4v) is 4.02. The van der Waals surface area contributed by atoms with E-state index in [1.807, 2.05) is 18.2 Å². The Morgan fingerprint density at radius 2 is 1.83 bits per heavy atom. The summed E-state index contributed by atoms with van der Waals surface area (Å²) in [5.74, 6) is 2.13. The molecule has 2 rings (SSSR count). The molecular weight excluding hydrogens is 267 g/mol. The van der Waals surface area contributed by atoms with Crippen LogP contribution in [-0.2, 0) is 6.42 Å². The van der Waals surface area contributed by atoms with Crippen molar-refractivity contribution in [3.05, 3.63) is 29.8 Å². The predicted octanol–water partition coefficient (Wildman–Crippen LogP) is 4.59. The molecule has 3 heteroatoms. The highest BCUT2D eigenvalue weighted by Crippen LogP contribution is 2.44. The molecule has 0 bridgehead atoms. The number of phenols is 1. The average molecular weight is 287 g/mol. The zero-order chi connectivity index (χ0) is 13.0. The molecule has 1 aliphatic carbocycles. The van der Waals surface area contributed by atoms with E-state index in [1.165, 1.54) is 25.7 Å². The third-order valence-corrected chi connectivity index (χ3v) is 5.28. The van der Waals surface area contributed by atoms with Gasteiger partial charge in [-0.1, -0.05) is 25.0 Å². The minimum Gasteiger partial charge on any atom is -0.508 e. The van der Waals surface area contributed by atoms with E-state index in [0.29, 0.717) is 23.4 Å². The molecule has 0 heterocycles. The molecule has 0 radical (unpaired) electrons. The van der Waals surface area contributed by atoms with E-state index in [-0.39, 0.29) is 5.41 Å². The molecule has 0 saturated heterocycles. The van der Waals surface area contributed by atoms with E-state index >= 15 is 0 Å². The van der Waals surface area contributed by atoms with Crippen molar-refractivity contribution < 1.29 is 5.11 Å². The van der Waals surface area contributed by atoms with Crippen molar-refractivity contribution in [2.75, 3.05) is 11.8 Å². The highest BCUT2D eigenvalue weighted by molar-refractivity contribution is 6.21. The maximum atomic E-state index is 9.55. The summed E-state index contributed by atoms with van der Waals surface area (Å²) in [7, 11) is 0. The first kappa shape index (κ1) is 14.0. The molecule has 1 nitrogen and oxygen atoms in total. The van der Waals surface area contributed by atoms with Gasteiger partial charge in [-0.05, 0) is 42.9 Å². The number of hydrogen-bond acceptors (Lipinski definition) is 1. The van der Waals surface area contributed by atoms with Crippen molar-refractivity contribution in [2.45, 2.75) is 32.1 Å². The van der Waals surface area contributed by atoms with Crippen molar-refractivity contribution in [3.8, 4) is 5.75 Å². The number of halogens is 2. The van der Waals surface area contributed by atoms with Gasteiger partial charge in [-0.15, -0.1) is 23.2 Å². The van der Waals surface area contributed by atoms with E-state index in [2.05, 4.69) is 0 Å². The summed E-state index contributed by atoms with van der Waals surface area (Å²) < 4.78 is 0. The van der Waals surface area contributed by atoms with Gasteiger partial charge in [-0.2, -0.15) is 0 Å². The molecule has 1 saturated carbocycles. The second-order valence-electron chi connectivity index (χ2n) is 5.46. The first-order valence-electron chi connectivity index (χ1n) is 6.60. The van der Waals surface area contributed by atoms with Crippen molar-refractivity contribution in [1.82, 2.24) is 0 Å².